The summed E-state index contributed by atoms with van der Waals surface area (Å²) in [5, 5.41) is 0. The van der Waals surface area contributed by atoms with Crippen LogP contribution in [0.2, 0.25) is 0 Å². The molecule has 0 unspecified atom stereocenters. The molecule has 0 nitrogen and oxygen atoms in total. The second-order valence-electron chi connectivity index (χ2n) is 0. The molecule has 0 aliphatic rings. The third-order valence-corrected chi connectivity index (χ3v) is 0. The minimum absolute atomic E-state index is 0. The molecule has 0 fully saturated rings. The van der Waals surface area contributed by atoms with Gasteiger partial charge in [0.15, 0.2) is 0 Å². The van der Waals surface area contributed by atoms with E-state index in [-0.39, 0.29) is 85.3 Å². The minimum Gasteiger partial charge on any atom is 0 e. The number of hydrogen-bond acceptors (Lipinski definition) is 0. The zero-order chi connectivity index (χ0) is 0. The molecule has 0 saturated heterocycles. The summed E-state index contributed by atoms with van der Waals surface area (Å²) in [5.74, 6) is 0. The molecule has 0 amide bonds. The van der Waals surface area contributed by atoms with Gasteiger partial charge in [0.05, 0.1) is 0 Å². The van der Waals surface area contributed by atoms with E-state index in [0.29, 0.717) is 0 Å². The summed E-state index contributed by atoms with van der Waals surface area (Å²) in [5.41, 5.74) is 0. The van der Waals surface area contributed by atoms with Crippen LogP contribution in [0.5, 0.6) is 0 Å². The van der Waals surface area contributed by atoms with Crippen molar-refractivity contribution in [3.8, 4) is 0 Å². The molecule has 10 radical (unpaired) electrons. The van der Waals surface area contributed by atoms with Gasteiger partial charge in [0.2, 0.25) is 0 Å². The fourth-order valence-electron chi connectivity index (χ4n) is 0. The van der Waals surface area contributed by atoms with Crippen molar-refractivity contribution in [1.82, 2.24) is 0 Å². The Morgan fingerprint density at radius 2 is 0.750 bits per heavy atom. The molecular weight excluding hydrogens is 453 g/mol. The molecule has 0 heterocycles. The normalized spacial score (nSPS) is 0. The van der Waals surface area contributed by atoms with Crippen molar-refractivity contribution < 1.29 is 34.1 Å². The van der Waals surface area contributed by atoms with Gasteiger partial charge in [-0.05, 0) is 0 Å². The maximum atomic E-state index is 0. The van der Waals surface area contributed by atoms with Crippen molar-refractivity contribution in [3.05, 3.63) is 0 Å². The molecule has 0 rings (SSSR count). The summed E-state index contributed by atoms with van der Waals surface area (Å²) < 4.78 is 0. The number of hydrogen-bond donors (Lipinski definition) is 0. The molecule has 0 N–H and O–H groups in total. The van der Waals surface area contributed by atoms with Gasteiger partial charge in [-0.25, -0.2) is 0 Å². The van der Waals surface area contributed by atoms with Crippen LogP contribution in [0.25, 0.3) is 0 Å². The minimum atomic E-state index is 0. The van der Waals surface area contributed by atoms with E-state index in [1.165, 1.54) is 0 Å². The molecule has 0 saturated carbocycles. The maximum absolute atomic E-state index is 0. The van der Waals surface area contributed by atoms with E-state index in [9.17, 15) is 0 Å². The van der Waals surface area contributed by atoms with E-state index in [2.05, 4.69) is 0 Å². The molecule has 0 aliphatic carbocycles. The third-order valence-electron chi connectivity index (χ3n) is 0. The van der Waals surface area contributed by atoms with Crippen LogP contribution in [-0.2, 0) is 34.1 Å². The van der Waals surface area contributed by atoms with Gasteiger partial charge in [0, 0.05) is 85.3 Å². The van der Waals surface area contributed by atoms with Crippen LogP contribution in [-0.4, -0.2) is 51.2 Å². The largest absolute Gasteiger partial charge is 0 e. The van der Waals surface area contributed by atoms with Crippen molar-refractivity contribution in [1.29, 1.82) is 0 Å². The van der Waals surface area contributed by atoms with Crippen molar-refractivity contribution in [2.45, 2.75) is 0 Å². The Labute approximate surface area is 83.9 Å². The van der Waals surface area contributed by atoms with Crippen LogP contribution in [0.1, 0.15) is 0 Å². The van der Waals surface area contributed by atoms with Crippen LogP contribution in [0.3, 0.4) is 0 Å². The fraction of sp³-hybridized carbons (Fsp3) is 0. The smallest absolute Gasteiger partial charge is 0 e. The van der Waals surface area contributed by atoms with Crippen LogP contribution in [0.4, 0.5) is 0 Å². The van der Waals surface area contributed by atoms with Gasteiger partial charge < -0.3 is 0 Å². The van der Waals surface area contributed by atoms with Crippen molar-refractivity contribution in [2.24, 2.45) is 0 Å². The summed E-state index contributed by atoms with van der Waals surface area (Å²) in [7, 11) is 0. The van der Waals surface area contributed by atoms with E-state index in [1.54, 1.807) is 0 Å². The number of rotatable bonds is 0. The van der Waals surface area contributed by atoms with Crippen LogP contribution < -0.4 is 0 Å². The van der Waals surface area contributed by atoms with Crippen molar-refractivity contribution >= 4 is 51.2 Å². The van der Waals surface area contributed by atoms with Gasteiger partial charge in [-0.3, -0.25) is 0 Å². The summed E-state index contributed by atoms with van der Waals surface area (Å²) >= 11 is 0. The van der Waals surface area contributed by atoms with Crippen LogP contribution >= 0.6 is 0 Å². The van der Waals surface area contributed by atoms with Crippen molar-refractivity contribution in [3.63, 3.8) is 0 Å². The van der Waals surface area contributed by atoms with Crippen molar-refractivity contribution in [2.75, 3.05) is 0 Å². The monoisotopic (exact) mass is 454 g/mol. The quantitative estimate of drug-likeness (QED) is 0.424. The van der Waals surface area contributed by atoms with E-state index in [4.69, 9.17) is 0 Å². The Kier molecular flexibility index (Phi) is 126. The average molecular weight is 453 g/mol. The molecule has 0 atom stereocenters. The third kappa shape index (κ3) is 8.83. The van der Waals surface area contributed by atoms with Gasteiger partial charge in [-0.1, -0.05) is 0 Å². The first-order chi connectivity index (χ1) is 0. The topological polar surface area (TPSA) is 0 Å². The first-order valence-corrected chi connectivity index (χ1v) is 0. The molecule has 0 aromatic heterocycles. The van der Waals surface area contributed by atoms with E-state index in [1.807, 2.05) is 0 Å². The maximum Gasteiger partial charge on any atom is 0 e. The molecule has 0 bridgehead atoms. The first-order valence-electron chi connectivity index (χ1n) is 0. The second kappa shape index (κ2) is 17.1. The molecule has 0 spiro atoms. The van der Waals surface area contributed by atoms with E-state index in [0.717, 1.165) is 0 Å². The molecule has 4 heavy (non-hydrogen) atoms. The van der Waals surface area contributed by atoms with Gasteiger partial charge in [-0.2, -0.15) is 0 Å². The Hall–Kier alpha value is 2.76. The van der Waals surface area contributed by atoms with Gasteiger partial charge in [0.1, 0.15) is 0 Å². The summed E-state index contributed by atoms with van der Waals surface area (Å²) in [6.45, 7) is 0. The standard InChI is InChI=1S/2Cu.Pb.Sn. The van der Waals surface area contributed by atoms with Gasteiger partial charge in [-0.15, -0.1) is 0 Å². The Morgan fingerprint density at radius 1 is 0.750 bits per heavy atom. The predicted molar refractivity (Wildman–Crippen MR) is 11.5 cm³/mol. The molecule has 0 aliphatic heterocycles. The zero-order valence-corrected chi connectivity index (χ0v) is 10.2. The van der Waals surface area contributed by atoms with E-state index >= 15 is 0 Å². The SMILES string of the molecule is [Cu].[Cu].[Pb].[Sn]. The Balaban J connectivity index is 0. The second-order valence-corrected chi connectivity index (χ2v) is 0. The fourth-order valence-corrected chi connectivity index (χ4v) is 0. The predicted octanol–water partition coefficient (Wildman–Crippen LogP) is -0.767. The molecular formula is Cu2PbSn. The summed E-state index contributed by atoms with van der Waals surface area (Å²) in [4.78, 5) is 0. The average Bonchev–Trinajstić information content (AvgIpc) is 0. The van der Waals surface area contributed by atoms with E-state index < -0.39 is 0 Å². The summed E-state index contributed by atoms with van der Waals surface area (Å²) in [6.07, 6.45) is 0. The van der Waals surface area contributed by atoms with Crippen LogP contribution in [0, 0.1) is 0 Å². The molecule has 0 aromatic rings. The summed E-state index contributed by atoms with van der Waals surface area (Å²) in [6, 6.07) is 0. The molecule has 30 valence electrons. The molecule has 4 heteroatoms. The molecule has 0 aromatic carbocycles. The van der Waals surface area contributed by atoms with Gasteiger partial charge in [0.25, 0.3) is 0 Å². The Morgan fingerprint density at radius 3 is 0.750 bits per heavy atom. The Bertz CT molecular complexity index is 6.00. The van der Waals surface area contributed by atoms with Crippen LogP contribution in [0.15, 0.2) is 0 Å². The zero-order valence-electron chi connectivity index (χ0n) is 1.60. The van der Waals surface area contributed by atoms with Gasteiger partial charge >= 0.3 is 0 Å². The first kappa shape index (κ1) is 29.4.